The average Bonchev–Trinajstić information content (AvgIpc) is 2.55. The Hall–Kier alpha value is -1.88. The van der Waals surface area contributed by atoms with Gasteiger partial charge in [0, 0.05) is 18.7 Å². The molecule has 1 amide bonds. The number of ether oxygens (including phenoxy) is 1. The molecule has 0 saturated heterocycles. The van der Waals surface area contributed by atoms with E-state index in [-0.39, 0.29) is 12.0 Å². The Morgan fingerprint density at radius 3 is 2.52 bits per heavy atom. The summed E-state index contributed by atoms with van der Waals surface area (Å²) in [5, 5.41) is 3.46. The Balaban J connectivity index is 1.98. The van der Waals surface area contributed by atoms with Gasteiger partial charge in [0.2, 0.25) is 5.91 Å². The van der Waals surface area contributed by atoms with Gasteiger partial charge >= 0.3 is 0 Å². The van der Waals surface area contributed by atoms with E-state index in [9.17, 15) is 4.79 Å². The van der Waals surface area contributed by atoms with Gasteiger partial charge in [-0.15, -0.1) is 0 Å². The van der Waals surface area contributed by atoms with E-state index in [4.69, 9.17) is 22.1 Å². The van der Waals surface area contributed by atoms with Crippen LogP contribution in [-0.4, -0.2) is 19.6 Å². The van der Waals surface area contributed by atoms with Crippen molar-refractivity contribution in [3.8, 4) is 0 Å². The Bertz CT molecular complexity index is 658. The normalized spacial score (nSPS) is 13.4. The van der Waals surface area contributed by atoms with Crippen LogP contribution in [0.25, 0.3) is 0 Å². The van der Waals surface area contributed by atoms with Crippen LogP contribution in [0.15, 0.2) is 48.5 Å². The average molecular weight is 333 g/mol. The Kier molecular flexibility index (Phi) is 6.16. The smallest absolute Gasteiger partial charge is 0.241 e. The topological polar surface area (TPSA) is 64.3 Å². The SMILES string of the molecule is COC(CNC(=O)C(N)c1ccc(C)cc1)c1cccc(Cl)c1. The molecule has 23 heavy (non-hydrogen) atoms. The van der Waals surface area contributed by atoms with Crippen LogP contribution in [0.5, 0.6) is 0 Å². The van der Waals surface area contributed by atoms with Gasteiger partial charge in [0.1, 0.15) is 6.04 Å². The van der Waals surface area contributed by atoms with Crippen LogP contribution in [0, 0.1) is 6.92 Å². The zero-order chi connectivity index (χ0) is 16.8. The van der Waals surface area contributed by atoms with E-state index in [1.54, 1.807) is 13.2 Å². The molecule has 2 aromatic rings. The maximum atomic E-state index is 12.2. The second-order valence-corrected chi connectivity index (χ2v) is 5.85. The lowest BCUT2D eigenvalue weighted by molar-refractivity contribution is -0.123. The fourth-order valence-electron chi connectivity index (χ4n) is 2.27. The molecule has 2 aromatic carbocycles. The van der Waals surface area contributed by atoms with Gasteiger partial charge in [0.25, 0.3) is 0 Å². The minimum Gasteiger partial charge on any atom is -0.375 e. The summed E-state index contributed by atoms with van der Waals surface area (Å²) in [5.74, 6) is -0.238. The number of carbonyl (C=O) groups excluding carboxylic acids is 1. The number of halogens is 1. The lowest BCUT2D eigenvalue weighted by atomic mass is 10.0. The highest BCUT2D eigenvalue weighted by Gasteiger charge is 2.18. The van der Waals surface area contributed by atoms with E-state index in [2.05, 4.69) is 5.32 Å². The van der Waals surface area contributed by atoms with Crippen molar-refractivity contribution in [3.05, 3.63) is 70.2 Å². The number of aryl methyl sites for hydroxylation is 1. The van der Waals surface area contributed by atoms with Crippen LogP contribution in [0.1, 0.15) is 28.8 Å². The number of hydrogen-bond acceptors (Lipinski definition) is 3. The maximum absolute atomic E-state index is 12.2. The summed E-state index contributed by atoms with van der Waals surface area (Å²) < 4.78 is 5.43. The van der Waals surface area contributed by atoms with Gasteiger partial charge in [-0.25, -0.2) is 0 Å². The number of hydrogen-bond donors (Lipinski definition) is 2. The van der Waals surface area contributed by atoms with Gasteiger partial charge in [-0.3, -0.25) is 4.79 Å². The van der Waals surface area contributed by atoms with E-state index in [1.807, 2.05) is 49.4 Å². The lowest BCUT2D eigenvalue weighted by Crippen LogP contribution is -2.36. The number of methoxy groups -OCH3 is 1. The summed E-state index contributed by atoms with van der Waals surface area (Å²) in [6, 6.07) is 14.3. The van der Waals surface area contributed by atoms with Crippen molar-refractivity contribution in [2.24, 2.45) is 5.73 Å². The molecule has 2 atom stereocenters. The third-order valence-corrected chi connectivity index (χ3v) is 3.92. The van der Waals surface area contributed by atoms with Crippen molar-refractivity contribution < 1.29 is 9.53 Å². The molecule has 3 N–H and O–H groups in total. The van der Waals surface area contributed by atoms with E-state index >= 15 is 0 Å². The molecule has 4 nitrogen and oxygen atoms in total. The number of benzene rings is 2. The van der Waals surface area contributed by atoms with Crippen LogP contribution in [0.3, 0.4) is 0 Å². The zero-order valence-electron chi connectivity index (χ0n) is 13.3. The van der Waals surface area contributed by atoms with E-state index in [1.165, 1.54) is 0 Å². The van der Waals surface area contributed by atoms with Crippen molar-refractivity contribution in [1.29, 1.82) is 0 Å². The largest absolute Gasteiger partial charge is 0.375 e. The Morgan fingerprint density at radius 1 is 1.22 bits per heavy atom. The highest BCUT2D eigenvalue weighted by molar-refractivity contribution is 6.30. The van der Waals surface area contributed by atoms with Crippen molar-refractivity contribution >= 4 is 17.5 Å². The van der Waals surface area contributed by atoms with Crippen LogP contribution in [0.2, 0.25) is 5.02 Å². The molecule has 0 heterocycles. The second kappa shape index (κ2) is 8.11. The summed E-state index contributed by atoms with van der Waals surface area (Å²) in [6.45, 7) is 2.32. The first-order valence-corrected chi connectivity index (χ1v) is 7.77. The molecule has 0 aliphatic heterocycles. The fraction of sp³-hybridized carbons (Fsp3) is 0.278. The monoisotopic (exact) mass is 332 g/mol. The van der Waals surface area contributed by atoms with E-state index in [0.29, 0.717) is 11.6 Å². The Morgan fingerprint density at radius 2 is 1.91 bits per heavy atom. The van der Waals surface area contributed by atoms with Gasteiger partial charge in [-0.05, 0) is 30.2 Å². The third kappa shape index (κ3) is 4.79. The van der Waals surface area contributed by atoms with Crippen molar-refractivity contribution in [2.75, 3.05) is 13.7 Å². The summed E-state index contributed by atoms with van der Waals surface area (Å²) in [6.07, 6.45) is -0.275. The van der Waals surface area contributed by atoms with E-state index < -0.39 is 6.04 Å². The highest BCUT2D eigenvalue weighted by Crippen LogP contribution is 2.20. The van der Waals surface area contributed by atoms with Crippen LogP contribution >= 0.6 is 11.6 Å². The van der Waals surface area contributed by atoms with Gasteiger partial charge < -0.3 is 15.8 Å². The first-order chi connectivity index (χ1) is 11.0. The van der Waals surface area contributed by atoms with Crippen LogP contribution < -0.4 is 11.1 Å². The van der Waals surface area contributed by atoms with Gasteiger partial charge in [0.15, 0.2) is 0 Å². The molecule has 0 bridgehead atoms. The first-order valence-electron chi connectivity index (χ1n) is 7.39. The molecule has 0 aromatic heterocycles. The first kappa shape index (κ1) is 17.5. The fourth-order valence-corrected chi connectivity index (χ4v) is 2.47. The third-order valence-electron chi connectivity index (χ3n) is 3.69. The van der Waals surface area contributed by atoms with E-state index in [0.717, 1.165) is 16.7 Å². The number of nitrogens with one attached hydrogen (secondary N) is 1. The molecule has 2 rings (SSSR count). The number of amides is 1. The molecule has 0 aliphatic rings. The molecule has 5 heteroatoms. The van der Waals surface area contributed by atoms with Crippen LogP contribution in [0.4, 0.5) is 0 Å². The summed E-state index contributed by atoms with van der Waals surface area (Å²) in [5.41, 5.74) is 8.82. The van der Waals surface area contributed by atoms with Gasteiger partial charge in [0.05, 0.1) is 6.10 Å². The standard InChI is InChI=1S/C18H21ClN2O2/c1-12-6-8-13(9-7-12)17(20)18(22)21-11-16(23-2)14-4-3-5-15(19)10-14/h3-10,16-17H,11,20H2,1-2H3,(H,21,22). The highest BCUT2D eigenvalue weighted by atomic mass is 35.5. The minimum atomic E-state index is -0.701. The lowest BCUT2D eigenvalue weighted by Gasteiger charge is -2.19. The quantitative estimate of drug-likeness (QED) is 0.854. The van der Waals surface area contributed by atoms with Gasteiger partial charge in [-0.1, -0.05) is 53.6 Å². The molecule has 0 spiro atoms. The molecule has 0 aliphatic carbocycles. The van der Waals surface area contributed by atoms with Crippen molar-refractivity contribution in [2.45, 2.75) is 19.1 Å². The second-order valence-electron chi connectivity index (χ2n) is 5.41. The molecular weight excluding hydrogens is 312 g/mol. The predicted octanol–water partition coefficient (Wildman–Crippen LogP) is 3.15. The van der Waals surface area contributed by atoms with Crippen molar-refractivity contribution in [1.82, 2.24) is 5.32 Å². The molecule has 0 saturated carbocycles. The summed E-state index contributed by atoms with van der Waals surface area (Å²) >= 11 is 5.99. The summed E-state index contributed by atoms with van der Waals surface area (Å²) in [7, 11) is 1.59. The molecule has 0 fully saturated rings. The number of rotatable bonds is 6. The number of nitrogens with two attached hydrogens (primary N) is 1. The summed E-state index contributed by atoms with van der Waals surface area (Å²) in [4.78, 5) is 12.2. The number of carbonyl (C=O) groups is 1. The maximum Gasteiger partial charge on any atom is 0.241 e. The van der Waals surface area contributed by atoms with Crippen molar-refractivity contribution in [3.63, 3.8) is 0 Å². The Labute approximate surface area is 141 Å². The molecule has 2 unspecified atom stereocenters. The minimum absolute atomic E-state index is 0.238. The van der Waals surface area contributed by atoms with Crippen LogP contribution in [-0.2, 0) is 9.53 Å². The molecule has 0 radical (unpaired) electrons. The molecule has 122 valence electrons. The predicted molar refractivity (Wildman–Crippen MR) is 92.3 cm³/mol. The molecular formula is C18H21ClN2O2. The van der Waals surface area contributed by atoms with Gasteiger partial charge in [-0.2, -0.15) is 0 Å². The zero-order valence-corrected chi connectivity index (χ0v) is 14.0.